The van der Waals surface area contributed by atoms with Crippen LogP contribution in [0.3, 0.4) is 0 Å². The van der Waals surface area contributed by atoms with Crippen LogP contribution in [0.25, 0.3) is 0 Å². The van der Waals surface area contributed by atoms with E-state index in [0.717, 1.165) is 12.2 Å². The molecule has 0 spiro atoms. The summed E-state index contributed by atoms with van der Waals surface area (Å²) in [7, 11) is 0. The highest BCUT2D eigenvalue weighted by molar-refractivity contribution is 5.57. The van der Waals surface area contributed by atoms with Gasteiger partial charge in [-0.1, -0.05) is 13.8 Å². The fraction of sp³-hybridized carbons (Fsp3) is 0.700. The number of nitrogens with two attached hydrogens (primary N) is 1. The monoisotopic (exact) mass is 212 g/mol. The van der Waals surface area contributed by atoms with Crippen molar-refractivity contribution < 1.29 is 5.11 Å². The van der Waals surface area contributed by atoms with Crippen LogP contribution >= 0.6 is 0 Å². The van der Waals surface area contributed by atoms with Crippen LogP contribution in [0.1, 0.15) is 26.1 Å². The normalized spacial score (nSPS) is 13.1. The molecule has 1 rings (SSSR count). The zero-order chi connectivity index (χ0) is 11.4. The Hall–Kier alpha value is -1.23. The maximum Gasteiger partial charge on any atom is 0.169 e. The second kappa shape index (κ2) is 5.02. The lowest BCUT2D eigenvalue weighted by atomic mass is 10.0. The summed E-state index contributed by atoms with van der Waals surface area (Å²) in [6.45, 7) is 6.16. The zero-order valence-electron chi connectivity index (χ0n) is 9.54. The Morgan fingerprint density at radius 3 is 2.60 bits per heavy atom. The summed E-state index contributed by atoms with van der Waals surface area (Å²) in [5, 5.41) is 12.3. The Balaban J connectivity index is 2.62. The Morgan fingerprint density at radius 2 is 2.20 bits per heavy atom. The number of aromatic amines is 1. The summed E-state index contributed by atoms with van der Waals surface area (Å²) in [4.78, 5) is 7.12. The molecule has 0 aliphatic heterocycles. The number of anilines is 2. The maximum absolute atomic E-state index is 9.19. The quantitative estimate of drug-likeness (QED) is 0.589. The predicted molar refractivity (Wildman–Crippen MR) is 61.7 cm³/mol. The highest BCUT2D eigenvalue weighted by atomic mass is 16.3. The standard InChI is InChI=1S/C10H20N4O/c1-6(2)4-8(5-15)14-10-9(11)12-7(3)13-10/h6,8,14-15H,4-5,11H2,1-3H3,(H,12,13). The van der Waals surface area contributed by atoms with Crippen LogP contribution in [-0.4, -0.2) is 27.7 Å². The summed E-state index contributed by atoms with van der Waals surface area (Å²) in [6, 6.07) is 0.00926. The summed E-state index contributed by atoms with van der Waals surface area (Å²) in [5.74, 6) is 2.45. The van der Waals surface area contributed by atoms with Crippen LogP contribution < -0.4 is 11.1 Å². The molecule has 0 amide bonds. The van der Waals surface area contributed by atoms with Crippen molar-refractivity contribution in [1.82, 2.24) is 9.97 Å². The van der Waals surface area contributed by atoms with E-state index in [1.165, 1.54) is 0 Å². The van der Waals surface area contributed by atoms with Gasteiger partial charge < -0.3 is 21.1 Å². The van der Waals surface area contributed by atoms with Crippen LogP contribution in [0.2, 0.25) is 0 Å². The maximum atomic E-state index is 9.19. The molecule has 5 heteroatoms. The van der Waals surface area contributed by atoms with E-state index in [4.69, 9.17) is 5.73 Å². The third kappa shape index (κ3) is 3.43. The fourth-order valence-corrected chi connectivity index (χ4v) is 1.56. The van der Waals surface area contributed by atoms with Crippen LogP contribution in [0.5, 0.6) is 0 Å². The van der Waals surface area contributed by atoms with Gasteiger partial charge in [0.05, 0.1) is 12.6 Å². The van der Waals surface area contributed by atoms with E-state index in [0.29, 0.717) is 17.6 Å². The van der Waals surface area contributed by atoms with Gasteiger partial charge in [-0.25, -0.2) is 4.98 Å². The van der Waals surface area contributed by atoms with Crippen molar-refractivity contribution in [3.8, 4) is 0 Å². The van der Waals surface area contributed by atoms with Crippen molar-refractivity contribution in [3.05, 3.63) is 5.82 Å². The van der Waals surface area contributed by atoms with Crippen molar-refractivity contribution in [1.29, 1.82) is 0 Å². The molecule has 0 aliphatic carbocycles. The molecule has 0 fully saturated rings. The van der Waals surface area contributed by atoms with E-state index in [9.17, 15) is 5.11 Å². The fourth-order valence-electron chi connectivity index (χ4n) is 1.56. The van der Waals surface area contributed by atoms with E-state index >= 15 is 0 Å². The number of nitrogens with one attached hydrogen (secondary N) is 2. The number of rotatable bonds is 5. The Labute approximate surface area is 90.1 Å². The molecule has 86 valence electrons. The van der Waals surface area contributed by atoms with Gasteiger partial charge in [0.15, 0.2) is 5.82 Å². The zero-order valence-corrected chi connectivity index (χ0v) is 9.54. The molecule has 1 atom stereocenters. The number of aliphatic hydroxyl groups is 1. The van der Waals surface area contributed by atoms with E-state index in [1.807, 2.05) is 6.92 Å². The van der Waals surface area contributed by atoms with Crippen LogP contribution in [0, 0.1) is 12.8 Å². The van der Waals surface area contributed by atoms with Gasteiger partial charge in [-0.15, -0.1) is 0 Å². The van der Waals surface area contributed by atoms with Gasteiger partial charge in [-0.2, -0.15) is 0 Å². The molecule has 0 saturated carbocycles. The smallest absolute Gasteiger partial charge is 0.169 e. The van der Waals surface area contributed by atoms with Crippen molar-refractivity contribution in [2.75, 3.05) is 17.7 Å². The largest absolute Gasteiger partial charge is 0.394 e. The molecular weight excluding hydrogens is 192 g/mol. The number of imidazole rings is 1. The van der Waals surface area contributed by atoms with Crippen molar-refractivity contribution in [2.24, 2.45) is 5.92 Å². The summed E-state index contributed by atoms with van der Waals surface area (Å²) in [6.07, 6.45) is 0.891. The first-order valence-electron chi connectivity index (χ1n) is 5.22. The molecule has 1 aromatic heterocycles. The van der Waals surface area contributed by atoms with E-state index in [2.05, 4.69) is 29.1 Å². The molecule has 1 unspecified atom stereocenters. The first-order valence-corrected chi connectivity index (χ1v) is 5.22. The number of hydrogen-bond acceptors (Lipinski definition) is 4. The average molecular weight is 212 g/mol. The van der Waals surface area contributed by atoms with Gasteiger partial charge in [0.2, 0.25) is 0 Å². The first kappa shape index (κ1) is 11.8. The number of nitrogen functional groups attached to an aromatic ring is 1. The molecule has 5 N–H and O–H groups in total. The summed E-state index contributed by atoms with van der Waals surface area (Å²) < 4.78 is 0. The molecule has 1 heterocycles. The summed E-state index contributed by atoms with van der Waals surface area (Å²) >= 11 is 0. The minimum atomic E-state index is 0.00926. The van der Waals surface area contributed by atoms with E-state index in [1.54, 1.807) is 0 Å². The highest BCUT2D eigenvalue weighted by Crippen LogP contribution is 2.17. The molecule has 1 aromatic rings. The Kier molecular flexibility index (Phi) is 3.96. The number of aliphatic hydroxyl groups excluding tert-OH is 1. The van der Waals surface area contributed by atoms with Crippen molar-refractivity contribution in [2.45, 2.75) is 33.2 Å². The van der Waals surface area contributed by atoms with Gasteiger partial charge in [-0.05, 0) is 19.3 Å². The van der Waals surface area contributed by atoms with Crippen molar-refractivity contribution in [3.63, 3.8) is 0 Å². The lowest BCUT2D eigenvalue weighted by Crippen LogP contribution is -2.26. The van der Waals surface area contributed by atoms with Crippen molar-refractivity contribution >= 4 is 11.6 Å². The predicted octanol–water partition coefficient (Wildman–Crippen LogP) is 1.12. The van der Waals surface area contributed by atoms with Gasteiger partial charge in [0, 0.05) is 0 Å². The minimum absolute atomic E-state index is 0.00926. The van der Waals surface area contributed by atoms with Gasteiger partial charge in [0.25, 0.3) is 0 Å². The molecule has 0 saturated heterocycles. The topological polar surface area (TPSA) is 87.0 Å². The lowest BCUT2D eigenvalue weighted by molar-refractivity contribution is 0.259. The number of aromatic nitrogens is 2. The Bertz CT molecular complexity index is 308. The molecule has 5 nitrogen and oxygen atoms in total. The number of hydrogen-bond donors (Lipinski definition) is 4. The molecule has 0 aromatic carbocycles. The second-order valence-corrected chi connectivity index (χ2v) is 4.24. The average Bonchev–Trinajstić information content (AvgIpc) is 2.43. The molecule has 0 bridgehead atoms. The van der Waals surface area contributed by atoms with E-state index in [-0.39, 0.29) is 12.6 Å². The number of nitrogens with zero attached hydrogens (tertiary/aromatic N) is 1. The molecule has 0 aliphatic rings. The first-order chi connectivity index (χ1) is 7.02. The Morgan fingerprint density at radius 1 is 1.53 bits per heavy atom. The lowest BCUT2D eigenvalue weighted by Gasteiger charge is -2.18. The van der Waals surface area contributed by atoms with Crippen LogP contribution in [0.4, 0.5) is 11.6 Å². The molecule has 0 radical (unpaired) electrons. The highest BCUT2D eigenvalue weighted by Gasteiger charge is 2.13. The molecule has 15 heavy (non-hydrogen) atoms. The third-order valence-corrected chi connectivity index (χ3v) is 2.17. The molecular formula is C10H20N4O. The second-order valence-electron chi connectivity index (χ2n) is 4.24. The van der Waals surface area contributed by atoms with Crippen LogP contribution in [-0.2, 0) is 0 Å². The SMILES string of the molecule is Cc1nc(NC(CO)CC(C)C)c(N)[nH]1. The number of H-pyrrole nitrogens is 1. The third-order valence-electron chi connectivity index (χ3n) is 2.17. The van der Waals surface area contributed by atoms with E-state index < -0.39 is 0 Å². The summed E-state index contributed by atoms with van der Waals surface area (Å²) in [5.41, 5.74) is 5.71. The van der Waals surface area contributed by atoms with Gasteiger partial charge in [0.1, 0.15) is 11.6 Å². The van der Waals surface area contributed by atoms with Gasteiger partial charge >= 0.3 is 0 Å². The number of aryl methyl sites for hydroxylation is 1. The minimum Gasteiger partial charge on any atom is -0.394 e. The van der Waals surface area contributed by atoms with Gasteiger partial charge in [-0.3, -0.25) is 0 Å². The van der Waals surface area contributed by atoms with Crippen LogP contribution in [0.15, 0.2) is 0 Å².